The summed E-state index contributed by atoms with van der Waals surface area (Å²) in [5, 5.41) is 0. The van der Waals surface area contributed by atoms with Crippen LogP contribution in [-0.2, 0) is 0 Å². The molecule has 0 saturated carbocycles. The minimum absolute atomic E-state index is 0.330. The van der Waals surface area contributed by atoms with Crippen molar-refractivity contribution in [2.45, 2.75) is 13.8 Å². The molecule has 0 aliphatic heterocycles. The molecular formula is C8H14N4. The van der Waals surface area contributed by atoms with E-state index in [1.54, 1.807) is 6.20 Å². The van der Waals surface area contributed by atoms with Crippen molar-refractivity contribution in [1.29, 1.82) is 0 Å². The van der Waals surface area contributed by atoms with Crippen LogP contribution in [0, 0.1) is 6.92 Å². The Balaban J connectivity index is 3.04. The van der Waals surface area contributed by atoms with Crippen LogP contribution in [0.5, 0.6) is 0 Å². The standard InChI is InChI=1S/C8H14N4/c1-4-12(3)7-6(2)5-10-8(9)11-7/h5H,4H2,1-3H3,(H2,9,10,11). The SMILES string of the molecule is CCN(C)c1nc(N)ncc1C. The molecule has 0 aliphatic rings. The third kappa shape index (κ3) is 1.64. The lowest BCUT2D eigenvalue weighted by atomic mass is 10.3. The second-order valence-electron chi connectivity index (χ2n) is 2.75. The molecule has 1 rings (SSSR count). The maximum absolute atomic E-state index is 5.47. The summed E-state index contributed by atoms with van der Waals surface area (Å²) in [5.41, 5.74) is 6.52. The van der Waals surface area contributed by atoms with Crippen molar-refractivity contribution in [2.24, 2.45) is 0 Å². The van der Waals surface area contributed by atoms with Crippen LogP contribution in [0.2, 0.25) is 0 Å². The Kier molecular flexibility index (Phi) is 2.47. The minimum atomic E-state index is 0.330. The van der Waals surface area contributed by atoms with Crippen molar-refractivity contribution in [1.82, 2.24) is 9.97 Å². The highest BCUT2D eigenvalue weighted by atomic mass is 15.2. The van der Waals surface area contributed by atoms with E-state index in [9.17, 15) is 0 Å². The second-order valence-corrected chi connectivity index (χ2v) is 2.75. The maximum atomic E-state index is 5.47. The van der Waals surface area contributed by atoms with Crippen LogP contribution >= 0.6 is 0 Å². The van der Waals surface area contributed by atoms with Crippen molar-refractivity contribution in [2.75, 3.05) is 24.2 Å². The van der Waals surface area contributed by atoms with Crippen LogP contribution in [0.1, 0.15) is 12.5 Å². The lowest BCUT2D eigenvalue weighted by Gasteiger charge is -2.17. The predicted octanol–water partition coefficient (Wildman–Crippen LogP) is 0.823. The number of rotatable bonds is 2. The highest BCUT2D eigenvalue weighted by molar-refractivity contribution is 5.46. The molecule has 0 atom stereocenters. The number of nitrogens with zero attached hydrogens (tertiary/aromatic N) is 3. The molecule has 0 amide bonds. The van der Waals surface area contributed by atoms with E-state index in [-0.39, 0.29) is 0 Å². The van der Waals surface area contributed by atoms with E-state index in [4.69, 9.17) is 5.73 Å². The summed E-state index contributed by atoms with van der Waals surface area (Å²) in [6.07, 6.45) is 1.74. The number of nitrogens with two attached hydrogens (primary N) is 1. The van der Waals surface area contributed by atoms with E-state index in [1.165, 1.54) is 0 Å². The molecule has 0 saturated heterocycles. The lowest BCUT2D eigenvalue weighted by Crippen LogP contribution is -2.19. The topological polar surface area (TPSA) is 55.0 Å². The van der Waals surface area contributed by atoms with E-state index in [2.05, 4.69) is 16.9 Å². The molecule has 0 unspecified atom stereocenters. The number of anilines is 2. The van der Waals surface area contributed by atoms with Crippen LogP contribution < -0.4 is 10.6 Å². The first-order valence-electron chi connectivity index (χ1n) is 3.95. The second kappa shape index (κ2) is 3.38. The van der Waals surface area contributed by atoms with E-state index in [1.807, 2.05) is 18.9 Å². The molecular weight excluding hydrogens is 152 g/mol. The van der Waals surface area contributed by atoms with E-state index in [0.29, 0.717) is 5.95 Å². The Labute approximate surface area is 72.4 Å². The van der Waals surface area contributed by atoms with E-state index < -0.39 is 0 Å². The Morgan fingerprint density at radius 2 is 2.25 bits per heavy atom. The largest absolute Gasteiger partial charge is 0.368 e. The quantitative estimate of drug-likeness (QED) is 0.706. The zero-order valence-corrected chi connectivity index (χ0v) is 7.70. The molecule has 1 aromatic heterocycles. The first-order chi connectivity index (χ1) is 5.65. The average Bonchev–Trinajstić information content (AvgIpc) is 2.08. The third-order valence-corrected chi connectivity index (χ3v) is 1.80. The Morgan fingerprint density at radius 3 is 2.83 bits per heavy atom. The summed E-state index contributed by atoms with van der Waals surface area (Å²) < 4.78 is 0. The van der Waals surface area contributed by atoms with Crippen LogP contribution in [0.25, 0.3) is 0 Å². The molecule has 0 spiro atoms. The molecule has 1 aromatic rings. The van der Waals surface area contributed by atoms with Crippen molar-refractivity contribution in [3.05, 3.63) is 11.8 Å². The molecule has 12 heavy (non-hydrogen) atoms. The monoisotopic (exact) mass is 166 g/mol. The lowest BCUT2D eigenvalue weighted by molar-refractivity contribution is 0.921. The molecule has 0 aliphatic carbocycles. The molecule has 0 aromatic carbocycles. The van der Waals surface area contributed by atoms with Gasteiger partial charge in [0.1, 0.15) is 5.82 Å². The minimum Gasteiger partial charge on any atom is -0.368 e. The Morgan fingerprint density at radius 1 is 1.58 bits per heavy atom. The van der Waals surface area contributed by atoms with Gasteiger partial charge in [-0.3, -0.25) is 0 Å². The van der Waals surface area contributed by atoms with Gasteiger partial charge in [0.25, 0.3) is 0 Å². The van der Waals surface area contributed by atoms with Crippen LogP contribution in [0.4, 0.5) is 11.8 Å². The van der Waals surface area contributed by atoms with Gasteiger partial charge in [0.15, 0.2) is 0 Å². The summed E-state index contributed by atoms with van der Waals surface area (Å²) in [4.78, 5) is 10.1. The average molecular weight is 166 g/mol. The van der Waals surface area contributed by atoms with Crippen molar-refractivity contribution in [3.8, 4) is 0 Å². The van der Waals surface area contributed by atoms with Gasteiger partial charge in [-0.15, -0.1) is 0 Å². The molecule has 4 nitrogen and oxygen atoms in total. The zero-order chi connectivity index (χ0) is 9.14. The predicted molar refractivity (Wildman–Crippen MR) is 50.1 cm³/mol. The zero-order valence-electron chi connectivity index (χ0n) is 7.70. The van der Waals surface area contributed by atoms with Gasteiger partial charge in [-0.1, -0.05) is 0 Å². The number of hydrogen-bond acceptors (Lipinski definition) is 4. The Hall–Kier alpha value is -1.32. The summed E-state index contributed by atoms with van der Waals surface area (Å²) >= 11 is 0. The summed E-state index contributed by atoms with van der Waals surface area (Å²) in [6.45, 7) is 4.95. The molecule has 1 heterocycles. The van der Waals surface area contributed by atoms with Gasteiger partial charge in [0.2, 0.25) is 5.95 Å². The van der Waals surface area contributed by atoms with Gasteiger partial charge < -0.3 is 10.6 Å². The Bertz CT molecular complexity index is 272. The van der Waals surface area contributed by atoms with Gasteiger partial charge in [0, 0.05) is 25.4 Å². The number of aromatic nitrogens is 2. The van der Waals surface area contributed by atoms with Crippen molar-refractivity contribution in [3.63, 3.8) is 0 Å². The molecule has 4 heteroatoms. The van der Waals surface area contributed by atoms with Gasteiger partial charge in [-0.2, -0.15) is 4.98 Å². The number of hydrogen-bond donors (Lipinski definition) is 1. The molecule has 66 valence electrons. The first-order valence-corrected chi connectivity index (χ1v) is 3.95. The van der Waals surface area contributed by atoms with Crippen LogP contribution in [0.3, 0.4) is 0 Å². The first kappa shape index (κ1) is 8.77. The summed E-state index contributed by atoms with van der Waals surface area (Å²) in [5.74, 6) is 1.24. The highest BCUT2D eigenvalue weighted by Crippen LogP contribution is 2.14. The van der Waals surface area contributed by atoms with E-state index in [0.717, 1.165) is 17.9 Å². The van der Waals surface area contributed by atoms with Gasteiger partial charge >= 0.3 is 0 Å². The maximum Gasteiger partial charge on any atom is 0.221 e. The van der Waals surface area contributed by atoms with Crippen LogP contribution in [-0.4, -0.2) is 23.6 Å². The van der Waals surface area contributed by atoms with Crippen LogP contribution in [0.15, 0.2) is 6.20 Å². The number of nitrogen functional groups attached to an aromatic ring is 1. The fourth-order valence-corrected chi connectivity index (χ4v) is 0.982. The molecule has 2 N–H and O–H groups in total. The number of aryl methyl sites for hydroxylation is 1. The van der Waals surface area contributed by atoms with Gasteiger partial charge in [-0.05, 0) is 13.8 Å². The fourth-order valence-electron chi connectivity index (χ4n) is 0.982. The molecule has 0 fully saturated rings. The fraction of sp³-hybridized carbons (Fsp3) is 0.500. The highest BCUT2D eigenvalue weighted by Gasteiger charge is 2.04. The smallest absolute Gasteiger partial charge is 0.221 e. The normalized spacial score (nSPS) is 9.92. The van der Waals surface area contributed by atoms with E-state index >= 15 is 0 Å². The van der Waals surface area contributed by atoms with Gasteiger partial charge in [-0.25, -0.2) is 4.98 Å². The summed E-state index contributed by atoms with van der Waals surface area (Å²) in [6, 6.07) is 0. The van der Waals surface area contributed by atoms with Crippen molar-refractivity contribution < 1.29 is 0 Å². The summed E-state index contributed by atoms with van der Waals surface area (Å²) in [7, 11) is 1.98. The third-order valence-electron chi connectivity index (χ3n) is 1.80. The molecule has 0 bridgehead atoms. The van der Waals surface area contributed by atoms with Crippen molar-refractivity contribution >= 4 is 11.8 Å². The van der Waals surface area contributed by atoms with Gasteiger partial charge in [0.05, 0.1) is 0 Å². The molecule has 0 radical (unpaired) electrons.